The Morgan fingerprint density at radius 3 is 2.78 bits per heavy atom. The van der Waals surface area contributed by atoms with E-state index in [9.17, 15) is 9.59 Å². The summed E-state index contributed by atoms with van der Waals surface area (Å²) < 4.78 is 0. The number of nitrogens with zero attached hydrogens (tertiary/aromatic N) is 2. The highest BCUT2D eigenvalue weighted by Gasteiger charge is 2.27. The van der Waals surface area contributed by atoms with Gasteiger partial charge in [-0.3, -0.25) is 9.69 Å². The molecule has 2 aromatic carbocycles. The summed E-state index contributed by atoms with van der Waals surface area (Å²) in [4.78, 5) is 33.2. The monoisotopic (exact) mass is 432 g/mol. The van der Waals surface area contributed by atoms with Crippen LogP contribution in [0.1, 0.15) is 36.5 Å². The minimum atomic E-state index is -0.138. The van der Waals surface area contributed by atoms with Gasteiger partial charge < -0.3 is 15.2 Å². The maximum atomic E-state index is 13.2. The van der Waals surface area contributed by atoms with Crippen molar-refractivity contribution in [2.75, 3.05) is 19.6 Å². The number of aryl methyl sites for hydroxylation is 1. The summed E-state index contributed by atoms with van der Waals surface area (Å²) in [6, 6.07) is 18.0. The van der Waals surface area contributed by atoms with Crippen molar-refractivity contribution in [2.24, 2.45) is 0 Å². The molecular formula is C26H32N4O2. The summed E-state index contributed by atoms with van der Waals surface area (Å²) >= 11 is 0. The van der Waals surface area contributed by atoms with Crippen LogP contribution in [0.2, 0.25) is 0 Å². The number of likely N-dealkylation sites (N-methyl/N-ethyl adjacent to an activating group) is 1. The molecule has 3 aromatic rings. The number of likely N-dealkylation sites (tertiary alicyclic amines) is 1. The normalized spacial score (nSPS) is 16.4. The van der Waals surface area contributed by atoms with Gasteiger partial charge in [0.2, 0.25) is 0 Å². The van der Waals surface area contributed by atoms with Crippen molar-refractivity contribution in [3.63, 3.8) is 0 Å². The van der Waals surface area contributed by atoms with Crippen LogP contribution in [0.5, 0.6) is 0 Å². The molecule has 6 nitrogen and oxygen atoms in total. The van der Waals surface area contributed by atoms with Crippen LogP contribution in [0.4, 0.5) is 4.79 Å². The maximum absolute atomic E-state index is 13.2. The van der Waals surface area contributed by atoms with Crippen LogP contribution in [0.15, 0.2) is 59.4 Å². The molecule has 0 aliphatic carbocycles. The second-order valence-corrected chi connectivity index (χ2v) is 8.66. The number of H-pyrrole nitrogens is 1. The number of rotatable bonds is 7. The minimum absolute atomic E-state index is 0.138. The number of benzene rings is 2. The van der Waals surface area contributed by atoms with Gasteiger partial charge in [0, 0.05) is 30.2 Å². The third kappa shape index (κ3) is 5.19. The molecule has 168 valence electrons. The Balaban J connectivity index is 1.56. The van der Waals surface area contributed by atoms with Crippen LogP contribution < -0.4 is 10.9 Å². The van der Waals surface area contributed by atoms with E-state index >= 15 is 0 Å². The SMILES string of the molecule is CCN1CCC[C@H]1CN(Cc1cc2cc(C)ccc2[nH]c1=O)C(=O)NCc1ccccc1. The first kappa shape index (κ1) is 22.1. The first-order valence-electron chi connectivity index (χ1n) is 11.5. The summed E-state index contributed by atoms with van der Waals surface area (Å²) in [5.41, 5.74) is 3.48. The van der Waals surface area contributed by atoms with Gasteiger partial charge in [-0.15, -0.1) is 0 Å². The van der Waals surface area contributed by atoms with Crippen LogP contribution in [0.25, 0.3) is 10.9 Å². The molecule has 0 saturated carbocycles. The van der Waals surface area contributed by atoms with Crippen molar-refractivity contribution in [1.29, 1.82) is 0 Å². The molecule has 1 fully saturated rings. The predicted molar refractivity (Wildman–Crippen MR) is 129 cm³/mol. The topological polar surface area (TPSA) is 68.4 Å². The van der Waals surface area contributed by atoms with E-state index in [0.717, 1.165) is 48.0 Å². The molecule has 4 rings (SSSR count). The predicted octanol–water partition coefficient (Wildman–Crippen LogP) is 4.03. The van der Waals surface area contributed by atoms with Gasteiger partial charge >= 0.3 is 6.03 Å². The highest BCUT2D eigenvalue weighted by molar-refractivity contribution is 5.80. The molecule has 1 aliphatic heterocycles. The Kier molecular flexibility index (Phi) is 6.90. The standard InChI is InChI=1S/C26H32N4O2/c1-3-29-13-7-10-23(29)18-30(26(32)27-16-20-8-5-4-6-9-20)17-22-15-21-14-19(2)11-12-24(21)28-25(22)31/h4-6,8-9,11-12,14-15,23H,3,7,10,13,16-18H2,1-2H3,(H,27,32)(H,28,31)/t23-/m0/s1. The molecule has 1 atom stereocenters. The number of nitrogens with one attached hydrogen (secondary N) is 2. The summed E-state index contributed by atoms with van der Waals surface area (Å²) in [6.07, 6.45) is 2.22. The van der Waals surface area contributed by atoms with Crippen LogP contribution in [0, 0.1) is 6.92 Å². The molecule has 1 saturated heterocycles. The van der Waals surface area contributed by atoms with Crippen molar-refractivity contribution in [3.05, 3.63) is 81.6 Å². The number of aromatic amines is 1. The molecule has 6 heteroatoms. The van der Waals surface area contributed by atoms with Crippen molar-refractivity contribution in [3.8, 4) is 0 Å². The molecule has 0 bridgehead atoms. The number of hydrogen-bond acceptors (Lipinski definition) is 3. The van der Waals surface area contributed by atoms with Crippen LogP contribution >= 0.6 is 0 Å². The molecule has 1 aromatic heterocycles. The number of fused-ring (bicyclic) bond motifs is 1. The summed E-state index contributed by atoms with van der Waals surface area (Å²) in [5.74, 6) is 0. The average molecular weight is 433 g/mol. The summed E-state index contributed by atoms with van der Waals surface area (Å²) in [7, 11) is 0. The van der Waals surface area contributed by atoms with E-state index in [-0.39, 0.29) is 18.1 Å². The lowest BCUT2D eigenvalue weighted by Gasteiger charge is -2.30. The van der Waals surface area contributed by atoms with Gasteiger partial charge in [0.15, 0.2) is 0 Å². The van der Waals surface area contributed by atoms with Crippen molar-refractivity contribution in [1.82, 2.24) is 20.1 Å². The van der Waals surface area contributed by atoms with Crippen LogP contribution in [-0.2, 0) is 13.1 Å². The Labute approximate surface area is 189 Å². The first-order chi connectivity index (χ1) is 15.5. The quantitative estimate of drug-likeness (QED) is 0.592. The van der Waals surface area contributed by atoms with E-state index in [1.807, 2.05) is 55.5 Å². The third-order valence-corrected chi connectivity index (χ3v) is 6.35. The second kappa shape index (κ2) is 10.0. The average Bonchev–Trinajstić information content (AvgIpc) is 3.25. The van der Waals surface area contributed by atoms with Crippen LogP contribution in [0.3, 0.4) is 0 Å². The highest BCUT2D eigenvalue weighted by Crippen LogP contribution is 2.19. The Morgan fingerprint density at radius 2 is 2.00 bits per heavy atom. The highest BCUT2D eigenvalue weighted by atomic mass is 16.2. The van der Waals surface area contributed by atoms with E-state index < -0.39 is 0 Å². The fraction of sp³-hybridized carbons (Fsp3) is 0.385. The number of hydrogen-bond donors (Lipinski definition) is 2. The van der Waals surface area contributed by atoms with Crippen molar-refractivity contribution >= 4 is 16.9 Å². The molecule has 0 radical (unpaired) electrons. The van der Waals surface area contributed by atoms with Gasteiger partial charge in [0.25, 0.3) is 5.56 Å². The number of amides is 2. The lowest BCUT2D eigenvalue weighted by molar-refractivity contribution is 0.164. The number of pyridine rings is 1. The molecular weight excluding hydrogens is 400 g/mol. The minimum Gasteiger partial charge on any atom is -0.334 e. The van der Waals surface area contributed by atoms with Gasteiger partial charge in [0.05, 0.1) is 6.54 Å². The molecule has 32 heavy (non-hydrogen) atoms. The van der Waals surface area contributed by atoms with Gasteiger partial charge in [-0.1, -0.05) is 48.9 Å². The van der Waals surface area contributed by atoms with Crippen molar-refractivity contribution in [2.45, 2.75) is 45.8 Å². The van der Waals surface area contributed by atoms with E-state index in [0.29, 0.717) is 24.7 Å². The molecule has 1 aliphatic rings. The fourth-order valence-corrected chi connectivity index (χ4v) is 4.57. The smallest absolute Gasteiger partial charge is 0.318 e. The fourth-order valence-electron chi connectivity index (χ4n) is 4.57. The van der Waals surface area contributed by atoms with E-state index in [1.54, 1.807) is 4.90 Å². The number of urea groups is 1. The van der Waals surface area contributed by atoms with Gasteiger partial charge in [-0.2, -0.15) is 0 Å². The van der Waals surface area contributed by atoms with E-state index in [2.05, 4.69) is 28.2 Å². The zero-order chi connectivity index (χ0) is 22.5. The lowest BCUT2D eigenvalue weighted by Crippen LogP contribution is -2.47. The molecule has 2 heterocycles. The molecule has 0 spiro atoms. The number of aromatic nitrogens is 1. The third-order valence-electron chi connectivity index (χ3n) is 6.35. The zero-order valence-corrected chi connectivity index (χ0v) is 18.9. The number of carbonyl (C=O) groups is 1. The molecule has 2 amide bonds. The lowest BCUT2D eigenvalue weighted by atomic mass is 10.1. The maximum Gasteiger partial charge on any atom is 0.318 e. The van der Waals surface area contributed by atoms with Crippen LogP contribution in [-0.4, -0.2) is 46.5 Å². The van der Waals surface area contributed by atoms with Crippen molar-refractivity contribution < 1.29 is 4.79 Å². The first-order valence-corrected chi connectivity index (χ1v) is 11.5. The molecule has 2 N–H and O–H groups in total. The Hall–Kier alpha value is -3.12. The zero-order valence-electron chi connectivity index (χ0n) is 18.9. The Bertz CT molecular complexity index is 1130. The van der Waals surface area contributed by atoms with Gasteiger partial charge in [-0.25, -0.2) is 4.79 Å². The Morgan fingerprint density at radius 1 is 1.19 bits per heavy atom. The number of carbonyl (C=O) groups excluding carboxylic acids is 1. The second-order valence-electron chi connectivity index (χ2n) is 8.66. The van der Waals surface area contributed by atoms with E-state index in [4.69, 9.17) is 0 Å². The largest absolute Gasteiger partial charge is 0.334 e. The summed E-state index contributed by atoms with van der Waals surface area (Å²) in [5, 5.41) is 4.03. The summed E-state index contributed by atoms with van der Waals surface area (Å²) in [6.45, 7) is 7.59. The van der Waals surface area contributed by atoms with E-state index in [1.165, 1.54) is 0 Å². The van der Waals surface area contributed by atoms with Gasteiger partial charge in [0.1, 0.15) is 0 Å². The van der Waals surface area contributed by atoms with Gasteiger partial charge in [-0.05, 0) is 62.0 Å². The molecule has 0 unspecified atom stereocenters.